The van der Waals surface area contributed by atoms with E-state index in [1.54, 1.807) is 6.08 Å². The zero-order valence-electron chi connectivity index (χ0n) is 39.5. The largest absolute Gasteiger partial charge is 0.397 e. The quantitative estimate of drug-likeness (QED) is 0.0173. The summed E-state index contributed by atoms with van der Waals surface area (Å²) < 4.78 is 47.6. The van der Waals surface area contributed by atoms with Crippen molar-refractivity contribution in [1.82, 2.24) is 5.32 Å². The number of rotatable bonds is 43. The number of carbonyl (C=O) groups is 1. The van der Waals surface area contributed by atoms with Crippen LogP contribution in [0.25, 0.3) is 0 Å². The van der Waals surface area contributed by atoms with Crippen LogP contribution in [0.5, 0.6) is 0 Å². The highest BCUT2D eigenvalue weighted by molar-refractivity contribution is 7.80. The third-order valence-electron chi connectivity index (χ3n) is 12.1. The Morgan fingerprint density at radius 3 is 1.52 bits per heavy atom. The van der Waals surface area contributed by atoms with Gasteiger partial charge in [0.2, 0.25) is 5.91 Å². The summed E-state index contributed by atoms with van der Waals surface area (Å²) in [5.41, 5.74) is 0. The van der Waals surface area contributed by atoms with Crippen molar-refractivity contribution in [2.24, 2.45) is 0 Å². The van der Waals surface area contributed by atoms with Crippen LogP contribution < -0.4 is 5.32 Å². The molecule has 13 nitrogen and oxygen atoms in total. The number of aliphatic hydroxyl groups excluding tert-OH is 5. The number of amides is 1. The average molecular weight is 920 g/mol. The summed E-state index contributed by atoms with van der Waals surface area (Å²) in [7, 11) is -5.12. The lowest BCUT2D eigenvalue weighted by Gasteiger charge is -2.41. The highest BCUT2D eigenvalue weighted by Crippen LogP contribution is 2.26. The zero-order valence-corrected chi connectivity index (χ0v) is 40.3. The standard InChI is InChI=1S/C49H93NO12S/c1-3-5-7-9-11-13-15-17-19-20-21-22-24-25-27-29-31-33-35-37-42(52)41(40-60-49-46(55)47(62-63(57,58)59)45(54)44(39-51)61-49)50-48(56)43(53)38-36-34-32-30-28-26-23-18-16-14-12-10-8-6-4-2/h27,29,35,37,41-47,49,51-55H,3-26,28,30-34,36,38-40H2,1-2H3,(H,50,56)(H,57,58,59)/b29-27+,37-35+. The van der Waals surface area contributed by atoms with Crippen LogP contribution in [0.3, 0.4) is 0 Å². The molecule has 0 saturated carbocycles. The number of allylic oxidation sites excluding steroid dienone is 3. The third kappa shape index (κ3) is 32.0. The molecule has 0 aromatic heterocycles. The zero-order chi connectivity index (χ0) is 46.4. The van der Waals surface area contributed by atoms with E-state index < -0.39 is 78.5 Å². The summed E-state index contributed by atoms with van der Waals surface area (Å²) >= 11 is 0. The number of ether oxygens (including phenoxy) is 2. The molecule has 8 unspecified atom stereocenters. The number of hydrogen-bond donors (Lipinski definition) is 7. The molecule has 0 aliphatic carbocycles. The molecule has 1 saturated heterocycles. The van der Waals surface area contributed by atoms with E-state index in [0.29, 0.717) is 12.8 Å². The fourth-order valence-electron chi connectivity index (χ4n) is 8.07. The minimum Gasteiger partial charge on any atom is -0.394 e. The number of unbranched alkanes of at least 4 members (excludes halogenated alkanes) is 28. The summed E-state index contributed by atoms with van der Waals surface area (Å²) in [4.78, 5) is 13.1. The maximum Gasteiger partial charge on any atom is 0.397 e. The third-order valence-corrected chi connectivity index (χ3v) is 12.6. The van der Waals surface area contributed by atoms with Crippen molar-refractivity contribution in [3.05, 3.63) is 24.3 Å². The van der Waals surface area contributed by atoms with Crippen LogP contribution in [0.2, 0.25) is 0 Å². The maximum atomic E-state index is 13.1. The van der Waals surface area contributed by atoms with Crippen molar-refractivity contribution in [2.45, 2.75) is 268 Å². The van der Waals surface area contributed by atoms with Crippen LogP contribution in [0.15, 0.2) is 24.3 Å². The van der Waals surface area contributed by atoms with E-state index in [2.05, 4.69) is 35.5 Å². The van der Waals surface area contributed by atoms with Gasteiger partial charge in [-0.3, -0.25) is 9.35 Å². The Balaban J connectivity index is 2.56. The second kappa shape index (κ2) is 39.7. The highest BCUT2D eigenvalue weighted by Gasteiger charge is 2.48. The lowest BCUT2D eigenvalue weighted by atomic mass is 9.99. The van der Waals surface area contributed by atoms with Crippen molar-refractivity contribution in [1.29, 1.82) is 0 Å². The van der Waals surface area contributed by atoms with Gasteiger partial charge in [0.1, 0.15) is 30.5 Å². The predicted octanol–water partition coefficient (Wildman–Crippen LogP) is 9.47. The van der Waals surface area contributed by atoms with Crippen LogP contribution in [-0.2, 0) is 28.9 Å². The molecule has 1 amide bonds. The first kappa shape index (κ1) is 59.6. The Bertz CT molecular complexity index is 1240. The fourth-order valence-corrected chi connectivity index (χ4v) is 8.57. The molecule has 372 valence electrons. The summed E-state index contributed by atoms with van der Waals surface area (Å²) in [5, 5.41) is 55.3. The molecular weight excluding hydrogens is 827 g/mol. The van der Waals surface area contributed by atoms with Gasteiger partial charge in [0.05, 0.1) is 25.4 Å². The Morgan fingerprint density at radius 2 is 1.06 bits per heavy atom. The average Bonchev–Trinajstić information content (AvgIpc) is 3.25. The first-order chi connectivity index (χ1) is 30.4. The van der Waals surface area contributed by atoms with Crippen LogP contribution >= 0.6 is 0 Å². The van der Waals surface area contributed by atoms with Crippen LogP contribution in [0.1, 0.15) is 219 Å². The summed E-state index contributed by atoms with van der Waals surface area (Å²) in [6.07, 6.45) is 34.0. The molecule has 0 radical (unpaired) electrons. The molecule has 1 fully saturated rings. The van der Waals surface area contributed by atoms with Gasteiger partial charge < -0.3 is 40.3 Å². The van der Waals surface area contributed by atoms with Crippen LogP contribution in [0.4, 0.5) is 0 Å². The van der Waals surface area contributed by atoms with E-state index >= 15 is 0 Å². The Morgan fingerprint density at radius 1 is 0.635 bits per heavy atom. The van der Waals surface area contributed by atoms with Crippen molar-refractivity contribution in [2.75, 3.05) is 13.2 Å². The van der Waals surface area contributed by atoms with Gasteiger partial charge in [0, 0.05) is 0 Å². The first-order valence-corrected chi connectivity index (χ1v) is 26.7. The van der Waals surface area contributed by atoms with Crippen molar-refractivity contribution < 1.29 is 57.0 Å². The minimum atomic E-state index is -5.12. The SMILES string of the molecule is CCCCCCCCCCCCCCC/C=C/CC/C=C/C(O)C(COC1OC(CO)C(O)C(OS(=O)(=O)O)C1O)NC(=O)C(O)CCCCCCCCCCCCCCCCC. The van der Waals surface area contributed by atoms with Crippen molar-refractivity contribution in [3.63, 3.8) is 0 Å². The van der Waals surface area contributed by atoms with Gasteiger partial charge in [-0.1, -0.05) is 212 Å². The number of carbonyl (C=O) groups excluding carboxylic acids is 1. The molecule has 0 aromatic rings. The molecule has 14 heteroatoms. The molecule has 7 N–H and O–H groups in total. The fraction of sp³-hybridized carbons (Fsp3) is 0.898. The minimum absolute atomic E-state index is 0.240. The van der Waals surface area contributed by atoms with E-state index in [9.17, 15) is 43.3 Å². The van der Waals surface area contributed by atoms with Crippen LogP contribution in [-0.4, -0.2) is 107 Å². The number of nitrogens with one attached hydrogen (secondary N) is 1. The lowest BCUT2D eigenvalue weighted by Crippen LogP contribution is -2.61. The van der Waals surface area contributed by atoms with E-state index in [-0.39, 0.29) is 6.42 Å². The molecule has 63 heavy (non-hydrogen) atoms. The Labute approximate surface area is 383 Å². The first-order valence-electron chi connectivity index (χ1n) is 25.3. The van der Waals surface area contributed by atoms with E-state index in [0.717, 1.165) is 38.5 Å². The Kier molecular flexibility index (Phi) is 37.5. The van der Waals surface area contributed by atoms with Gasteiger partial charge >= 0.3 is 10.4 Å². The van der Waals surface area contributed by atoms with Gasteiger partial charge in [-0.15, -0.1) is 0 Å². The van der Waals surface area contributed by atoms with Gasteiger partial charge in [0.25, 0.3) is 0 Å². The monoisotopic (exact) mass is 920 g/mol. The summed E-state index contributed by atoms with van der Waals surface area (Å²) in [5.74, 6) is -0.709. The van der Waals surface area contributed by atoms with Crippen LogP contribution in [0, 0.1) is 0 Å². The Hall–Kier alpha value is -1.46. The molecule has 1 aliphatic rings. The second-order valence-corrected chi connectivity index (χ2v) is 18.9. The number of aliphatic hydroxyl groups is 5. The predicted molar refractivity (Wildman–Crippen MR) is 251 cm³/mol. The topological polar surface area (TPSA) is 212 Å². The van der Waals surface area contributed by atoms with Crippen molar-refractivity contribution >= 4 is 16.3 Å². The highest BCUT2D eigenvalue weighted by atomic mass is 32.3. The summed E-state index contributed by atoms with van der Waals surface area (Å²) in [6, 6.07) is -1.13. The van der Waals surface area contributed by atoms with Gasteiger partial charge in [-0.25, -0.2) is 4.18 Å². The molecule has 1 aliphatic heterocycles. The maximum absolute atomic E-state index is 13.1. The molecule has 1 heterocycles. The van der Waals surface area contributed by atoms with Gasteiger partial charge in [-0.2, -0.15) is 8.42 Å². The van der Waals surface area contributed by atoms with E-state index in [1.165, 1.54) is 154 Å². The second-order valence-electron chi connectivity index (χ2n) is 17.9. The van der Waals surface area contributed by atoms with Crippen molar-refractivity contribution in [3.8, 4) is 0 Å². The normalized spacial score (nSPS) is 21.0. The van der Waals surface area contributed by atoms with Gasteiger partial charge in [-0.05, 0) is 32.1 Å². The molecule has 8 atom stereocenters. The smallest absolute Gasteiger partial charge is 0.394 e. The molecule has 0 bridgehead atoms. The van der Waals surface area contributed by atoms with E-state index in [1.807, 2.05) is 0 Å². The lowest BCUT2D eigenvalue weighted by molar-refractivity contribution is -0.298. The summed E-state index contributed by atoms with van der Waals surface area (Å²) in [6.45, 7) is 3.22. The molecule has 0 aromatic carbocycles. The molecule has 0 spiro atoms. The van der Waals surface area contributed by atoms with Gasteiger partial charge in [0.15, 0.2) is 6.29 Å². The van der Waals surface area contributed by atoms with E-state index in [4.69, 9.17) is 9.47 Å². The number of hydrogen-bond acceptors (Lipinski definition) is 11. The molecular formula is C49H93NO12S. The molecule has 1 rings (SSSR count).